The molecule has 0 heterocycles. The molecule has 1 rings (SSSR count). The highest BCUT2D eigenvalue weighted by atomic mass is 35.5. The van der Waals surface area contributed by atoms with Crippen LogP contribution in [0, 0.1) is 0 Å². The van der Waals surface area contributed by atoms with Gasteiger partial charge >= 0.3 is 6.09 Å². The molecule has 0 bridgehead atoms. The van der Waals surface area contributed by atoms with Crippen molar-refractivity contribution >= 4 is 23.6 Å². The summed E-state index contributed by atoms with van der Waals surface area (Å²) in [5.74, 6) is -0.269. The fraction of sp³-hybridized carbons (Fsp3) is 0.529. The first-order valence-electron chi connectivity index (χ1n) is 7.49. The average molecular weight is 341 g/mol. The highest BCUT2D eigenvalue weighted by Crippen LogP contribution is 2.15. The smallest absolute Gasteiger partial charge is 0.408 e. The van der Waals surface area contributed by atoms with Crippen molar-refractivity contribution in [1.29, 1.82) is 0 Å². The van der Waals surface area contributed by atoms with Crippen molar-refractivity contribution in [3.05, 3.63) is 34.9 Å². The second kappa shape index (κ2) is 7.68. The van der Waals surface area contributed by atoms with Crippen molar-refractivity contribution in [3.63, 3.8) is 0 Å². The molecular weight excluding hydrogens is 316 g/mol. The van der Waals surface area contributed by atoms with Gasteiger partial charge in [-0.3, -0.25) is 4.79 Å². The number of hydrogen-bond acceptors (Lipinski definition) is 3. The summed E-state index contributed by atoms with van der Waals surface area (Å²) < 4.78 is 5.08. The van der Waals surface area contributed by atoms with Gasteiger partial charge in [0.15, 0.2) is 0 Å². The van der Waals surface area contributed by atoms with Crippen LogP contribution in [-0.4, -0.2) is 29.7 Å². The molecule has 0 aromatic heterocycles. The van der Waals surface area contributed by atoms with Crippen molar-refractivity contribution in [2.45, 2.75) is 52.2 Å². The molecule has 0 saturated heterocycles. The Labute approximate surface area is 142 Å². The summed E-state index contributed by atoms with van der Waals surface area (Å²) in [7, 11) is 0. The number of rotatable bonds is 5. The summed E-state index contributed by atoms with van der Waals surface area (Å²) in [4.78, 5) is 23.5. The third-order valence-electron chi connectivity index (χ3n) is 2.83. The third-order valence-corrected chi connectivity index (χ3v) is 3.08. The molecule has 0 saturated carbocycles. The van der Waals surface area contributed by atoms with Crippen LogP contribution in [0.25, 0.3) is 0 Å². The van der Waals surface area contributed by atoms with E-state index in [0.717, 1.165) is 5.56 Å². The largest absolute Gasteiger partial charge is 0.444 e. The van der Waals surface area contributed by atoms with Gasteiger partial charge in [0.25, 0.3) is 0 Å². The summed E-state index contributed by atoms with van der Waals surface area (Å²) in [6, 6.07) is 7.49. The summed E-state index contributed by atoms with van der Waals surface area (Å²) in [6.07, 6.45) is 0.0469. The van der Waals surface area contributed by atoms with Gasteiger partial charge in [0.2, 0.25) is 5.91 Å². The van der Waals surface area contributed by atoms with Crippen molar-refractivity contribution in [2.75, 3.05) is 6.54 Å². The van der Waals surface area contributed by atoms with Crippen LogP contribution < -0.4 is 10.6 Å². The molecule has 0 radical (unpaired) electrons. The maximum Gasteiger partial charge on any atom is 0.408 e. The Hall–Kier alpha value is -1.75. The molecule has 0 unspecified atom stereocenters. The van der Waals surface area contributed by atoms with Gasteiger partial charge in [-0.05, 0) is 58.7 Å². The molecule has 0 aliphatic rings. The lowest BCUT2D eigenvalue weighted by atomic mass is 9.95. The highest BCUT2D eigenvalue weighted by molar-refractivity contribution is 6.30. The van der Waals surface area contributed by atoms with Gasteiger partial charge in [-0.2, -0.15) is 0 Å². The van der Waals surface area contributed by atoms with Crippen LogP contribution in [0.3, 0.4) is 0 Å². The number of benzene rings is 1. The van der Waals surface area contributed by atoms with Crippen molar-refractivity contribution in [3.8, 4) is 0 Å². The Balaban J connectivity index is 2.45. The van der Waals surface area contributed by atoms with Gasteiger partial charge < -0.3 is 15.4 Å². The molecule has 1 aromatic carbocycles. The lowest BCUT2D eigenvalue weighted by Crippen LogP contribution is -2.49. The van der Waals surface area contributed by atoms with E-state index in [-0.39, 0.29) is 12.5 Å². The van der Waals surface area contributed by atoms with E-state index in [9.17, 15) is 9.59 Å². The molecule has 2 amide bonds. The molecule has 0 fully saturated rings. The molecule has 0 spiro atoms. The van der Waals surface area contributed by atoms with Crippen LogP contribution in [0.15, 0.2) is 24.3 Å². The molecule has 5 nitrogen and oxygen atoms in total. The van der Waals surface area contributed by atoms with Crippen LogP contribution in [0.1, 0.15) is 40.2 Å². The Morgan fingerprint density at radius 1 is 1.09 bits per heavy atom. The van der Waals surface area contributed by atoms with Crippen molar-refractivity contribution in [2.24, 2.45) is 0 Å². The zero-order valence-corrected chi connectivity index (χ0v) is 15.1. The number of ether oxygens (including phenoxy) is 1. The molecule has 6 heteroatoms. The van der Waals surface area contributed by atoms with E-state index in [0.29, 0.717) is 11.4 Å². The number of amides is 2. The zero-order chi connectivity index (χ0) is 17.7. The van der Waals surface area contributed by atoms with Gasteiger partial charge in [0, 0.05) is 10.6 Å². The van der Waals surface area contributed by atoms with E-state index in [1.807, 2.05) is 38.1 Å². The summed E-state index contributed by atoms with van der Waals surface area (Å²) in [6.45, 7) is 9.02. The number of hydrogen-bond donors (Lipinski definition) is 2. The maximum absolute atomic E-state index is 12.0. The minimum atomic E-state index is -0.608. The SMILES string of the molecule is CC(C)(Cc1ccc(Cl)cc1)NC(=O)CNC(=O)OC(C)(C)C. The first-order chi connectivity index (χ1) is 10.5. The van der Waals surface area contributed by atoms with Gasteiger partial charge in [-0.1, -0.05) is 23.7 Å². The minimum absolute atomic E-state index is 0.126. The molecule has 2 N–H and O–H groups in total. The second-order valence-corrected chi connectivity index (χ2v) is 7.53. The Morgan fingerprint density at radius 2 is 1.65 bits per heavy atom. The first kappa shape index (κ1) is 19.3. The Morgan fingerprint density at radius 3 is 2.17 bits per heavy atom. The second-order valence-electron chi connectivity index (χ2n) is 7.09. The molecule has 0 aliphatic carbocycles. The number of carbonyl (C=O) groups is 2. The first-order valence-corrected chi connectivity index (χ1v) is 7.87. The van der Waals surface area contributed by atoms with E-state index in [1.54, 1.807) is 20.8 Å². The van der Waals surface area contributed by atoms with Gasteiger partial charge in [0.1, 0.15) is 12.1 Å². The summed E-state index contributed by atoms with van der Waals surface area (Å²) >= 11 is 5.86. The molecule has 128 valence electrons. The van der Waals surface area contributed by atoms with Crippen molar-refractivity contribution in [1.82, 2.24) is 10.6 Å². The third kappa shape index (κ3) is 8.45. The van der Waals surface area contributed by atoms with Gasteiger partial charge in [0.05, 0.1) is 0 Å². The predicted octanol–water partition coefficient (Wildman–Crippen LogP) is 3.30. The molecular formula is C17H25ClN2O3. The molecule has 23 heavy (non-hydrogen) atoms. The predicted molar refractivity (Wildman–Crippen MR) is 91.6 cm³/mol. The fourth-order valence-corrected chi connectivity index (χ4v) is 2.17. The standard InChI is InChI=1S/C17H25ClN2O3/c1-16(2,3)23-15(22)19-11-14(21)20-17(4,5)10-12-6-8-13(18)9-7-12/h6-9H,10-11H2,1-5H3,(H,19,22)(H,20,21). The molecule has 0 atom stereocenters. The van der Waals surface area contributed by atoms with Crippen LogP contribution in [0.5, 0.6) is 0 Å². The highest BCUT2D eigenvalue weighted by Gasteiger charge is 2.22. The summed E-state index contributed by atoms with van der Waals surface area (Å²) in [5.41, 5.74) is 0.0365. The van der Waals surface area contributed by atoms with Gasteiger partial charge in [-0.25, -0.2) is 4.79 Å². The average Bonchev–Trinajstić information content (AvgIpc) is 2.36. The number of carbonyl (C=O) groups excluding carboxylic acids is 2. The Kier molecular flexibility index (Phi) is 6.45. The normalized spacial score (nSPS) is 11.7. The van der Waals surface area contributed by atoms with Crippen LogP contribution >= 0.6 is 11.6 Å². The number of nitrogens with one attached hydrogen (secondary N) is 2. The lowest BCUT2D eigenvalue weighted by Gasteiger charge is -2.27. The minimum Gasteiger partial charge on any atom is -0.444 e. The van der Waals surface area contributed by atoms with Gasteiger partial charge in [-0.15, -0.1) is 0 Å². The van der Waals surface area contributed by atoms with E-state index in [4.69, 9.17) is 16.3 Å². The molecule has 1 aromatic rings. The van der Waals surface area contributed by atoms with E-state index >= 15 is 0 Å². The van der Waals surface area contributed by atoms with E-state index in [1.165, 1.54) is 0 Å². The van der Waals surface area contributed by atoms with E-state index < -0.39 is 17.2 Å². The van der Waals surface area contributed by atoms with Crippen LogP contribution in [-0.2, 0) is 16.0 Å². The van der Waals surface area contributed by atoms with Crippen LogP contribution in [0.4, 0.5) is 4.79 Å². The Bertz CT molecular complexity index is 548. The topological polar surface area (TPSA) is 67.4 Å². The van der Waals surface area contributed by atoms with E-state index in [2.05, 4.69) is 10.6 Å². The number of halogens is 1. The monoisotopic (exact) mass is 340 g/mol. The summed E-state index contributed by atoms with van der Waals surface area (Å²) in [5, 5.41) is 6.02. The maximum atomic E-state index is 12.0. The number of alkyl carbamates (subject to hydrolysis) is 1. The fourth-order valence-electron chi connectivity index (χ4n) is 2.05. The van der Waals surface area contributed by atoms with Crippen LogP contribution in [0.2, 0.25) is 5.02 Å². The molecule has 0 aliphatic heterocycles. The van der Waals surface area contributed by atoms with Crippen molar-refractivity contribution < 1.29 is 14.3 Å². The zero-order valence-electron chi connectivity index (χ0n) is 14.3. The lowest BCUT2D eigenvalue weighted by molar-refractivity contribution is -0.121. The quantitative estimate of drug-likeness (QED) is 0.864.